The Hall–Kier alpha value is -1.51. The SMILES string of the molecule is COC(=O)CCCS(=O)(=O)NCC(c1cccc(F)c1)N(C)C. The van der Waals surface area contributed by atoms with Crippen LogP contribution in [-0.4, -0.2) is 52.8 Å². The number of carbonyl (C=O) groups is 1. The number of nitrogens with one attached hydrogen (secondary N) is 1. The number of likely N-dealkylation sites (N-methyl/N-ethyl adjacent to an activating group) is 1. The Morgan fingerprint density at radius 3 is 2.65 bits per heavy atom. The Balaban J connectivity index is 2.63. The smallest absolute Gasteiger partial charge is 0.305 e. The van der Waals surface area contributed by atoms with Gasteiger partial charge in [0.1, 0.15) is 5.82 Å². The molecule has 1 atom stereocenters. The molecule has 0 saturated heterocycles. The number of rotatable bonds is 9. The molecule has 0 saturated carbocycles. The Bertz CT molecular complexity index is 620. The first-order chi connectivity index (χ1) is 10.7. The monoisotopic (exact) mass is 346 g/mol. The third-order valence-corrected chi connectivity index (χ3v) is 4.81. The second kappa shape index (κ2) is 8.95. The predicted molar refractivity (Wildman–Crippen MR) is 85.9 cm³/mol. The topological polar surface area (TPSA) is 75.7 Å². The second-order valence-corrected chi connectivity index (χ2v) is 7.31. The lowest BCUT2D eigenvalue weighted by molar-refractivity contribution is -0.140. The van der Waals surface area contributed by atoms with Gasteiger partial charge >= 0.3 is 5.97 Å². The van der Waals surface area contributed by atoms with Crippen LogP contribution in [0.15, 0.2) is 24.3 Å². The van der Waals surface area contributed by atoms with Crippen molar-refractivity contribution < 1.29 is 22.3 Å². The zero-order chi connectivity index (χ0) is 17.5. The van der Waals surface area contributed by atoms with Crippen molar-refractivity contribution in [1.29, 1.82) is 0 Å². The summed E-state index contributed by atoms with van der Waals surface area (Å²) in [5, 5.41) is 0. The number of benzene rings is 1. The first kappa shape index (κ1) is 19.5. The van der Waals surface area contributed by atoms with E-state index in [1.165, 1.54) is 19.2 Å². The second-order valence-electron chi connectivity index (χ2n) is 5.38. The summed E-state index contributed by atoms with van der Waals surface area (Å²) in [6, 6.07) is 5.77. The van der Waals surface area contributed by atoms with E-state index < -0.39 is 16.0 Å². The number of esters is 1. The molecule has 0 heterocycles. The normalized spacial score (nSPS) is 13.1. The van der Waals surface area contributed by atoms with Crippen LogP contribution in [0, 0.1) is 5.82 Å². The molecular weight excluding hydrogens is 323 g/mol. The van der Waals surface area contributed by atoms with Crippen LogP contribution in [-0.2, 0) is 19.6 Å². The van der Waals surface area contributed by atoms with Gasteiger partial charge in [-0.1, -0.05) is 12.1 Å². The summed E-state index contributed by atoms with van der Waals surface area (Å²) < 4.78 is 44.3. The molecule has 130 valence electrons. The molecule has 0 radical (unpaired) electrons. The summed E-state index contributed by atoms with van der Waals surface area (Å²) in [7, 11) is 1.33. The number of carbonyl (C=O) groups excluding carboxylic acids is 1. The molecule has 1 aromatic carbocycles. The highest BCUT2D eigenvalue weighted by atomic mass is 32.2. The lowest BCUT2D eigenvalue weighted by Crippen LogP contribution is -2.35. The molecule has 0 fully saturated rings. The highest BCUT2D eigenvalue weighted by Crippen LogP contribution is 2.18. The van der Waals surface area contributed by atoms with Crippen molar-refractivity contribution in [2.24, 2.45) is 0 Å². The van der Waals surface area contributed by atoms with Gasteiger partial charge in [-0.15, -0.1) is 0 Å². The number of sulfonamides is 1. The average Bonchev–Trinajstić information content (AvgIpc) is 2.46. The molecule has 0 aliphatic heterocycles. The highest BCUT2D eigenvalue weighted by molar-refractivity contribution is 7.89. The fraction of sp³-hybridized carbons (Fsp3) is 0.533. The summed E-state index contributed by atoms with van der Waals surface area (Å²) in [5.74, 6) is -0.966. The number of methoxy groups -OCH3 is 1. The van der Waals surface area contributed by atoms with Gasteiger partial charge in [-0.05, 0) is 38.2 Å². The van der Waals surface area contributed by atoms with E-state index >= 15 is 0 Å². The standard InChI is InChI=1S/C15H23FN2O4S/c1-18(2)14(12-6-4-7-13(16)10-12)11-17-23(20,21)9-5-8-15(19)22-3/h4,6-7,10,14,17H,5,8-9,11H2,1-3H3. The maximum atomic E-state index is 13.3. The van der Waals surface area contributed by atoms with Crippen LogP contribution in [0.5, 0.6) is 0 Å². The fourth-order valence-electron chi connectivity index (χ4n) is 2.10. The molecule has 1 N–H and O–H groups in total. The van der Waals surface area contributed by atoms with Crippen molar-refractivity contribution >= 4 is 16.0 Å². The Labute approximate surface area is 136 Å². The van der Waals surface area contributed by atoms with E-state index in [0.29, 0.717) is 5.56 Å². The van der Waals surface area contributed by atoms with E-state index in [9.17, 15) is 17.6 Å². The van der Waals surface area contributed by atoms with Crippen LogP contribution >= 0.6 is 0 Å². The quantitative estimate of drug-likeness (QED) is 0.682. The molecule has 1 unspecified atom stereocenters. The van der Waals surface area contributed by atoms with Crippen molar-refractivity contribution in [1.82, 2.24) is 9.62 Å². The average molecular weight is 346 g/mol. The van der Waals surface area contributed by atoms with Crippen molar-refractivity contribution in [2.75, 3.05) is 33.5 Å². The fourth-order valence-corrected chi connectivity index (χ4v) is 3.18. The first-order valence-corrected chi connectivity index (χ1v) is 8.86. The van der Waals surface area contributed by atoms with Gasteiger partial charge in [-0.2, -0.15) is 0 Å². The molecule has 0 aliphatic carbocycles. The van der Waals surface area contributed by atoms with E-state index in [0.717, 1.165) is 0 Å². The molecule has 23 heavy (non-hydrogen) atoms. The van der Waals surface area contributed by atoms with E-state index in [1.807, 2.05) is 4.90 Å². The minimum absolute atomic E-state index is 0.0540. The van der Waals surface area contributed by atoms with Crippen LogP contribution in [0.2, 0.25) is 0 Å². The molecule has 1 rings (SSSR count). The summed E-state index contributed by atoms with van der Waals surface area (Å²) >= 11 is 0. The molecule has 0 amide bonds. The van der Waals surface area contributed by atoms with Gasteiger partial charge < -0.3 is 9.64 Å². The van der Waals surface area contributed by atoms with Crippen LogP contribution in [0.1, 0.15) is 24.4 Å². The first-order valence-electron chi connectivity index (χ1n) is 7.21. The molecule has 1 aromatic rings. The Morgan fingerprint density at radius 1 is 1.39 bits per heavy atom. The lowest BCUT2D eigenvalue weighted by atomic mass is 10.1. The maximum absolute atomic E-state index is 13.3. The summed E-state index contributed by atoms with van der Waals surface area (Å²) in [6.45, 7) is 0.122. The third kappa shape index (κ3) is 7.06. The lowest BCUT2D eigenvalue weighted by Gasteiger charge is -2.25. The molecule has 6 nitrogen and oxygen atoms in total. The van der Waals surface area contributed by atoms with Gasteiger partial charge in [0.15, 0.2) is 0 Å². The maximum Gasteiger partial charge on any atom is 0.305 e. The molecular formula is C15H23FN2O4S. The molecule has 8 heteroatoms. The van der Waals surface area contributed by atoms with Gasteiger partial charge in [0.2, 0.25) is 10.0 Å². The number of nitrogens with zero attached hydrogens (tertiary/aromatic N) is 1. The summed E-state index contributed by atoms with van der Waals surface area (Å²) in [5.41, 5.74) is 0.687. The number of hydrogen-bond donors (Lipinski definition) is 1. The molecule has 0 spiro atoms. The van der Waals surface area contributed by atoms with Crippen molar-refractivity contribution in [3.63, 3.8) is 0 Å². The van der Waals surface area contributed by atoms with Gasteiger partial charge in [-0.25, -0.2) is 17.5 Å². The number of hydrogen-bond acceptors (Lipinski definition) is 5. The van der Waals surface area contributed by atoms with E-state index in [2.05, 4.69) is 9.46 Å². The minimum atomic E-state index is -3.51. The van der Waals surface area contributed by atoms with Crippen molar-refractivity contribution in [2.45, 2.75) is 18.9 Å². The number of ether oxygens (including phenoxy) is 1. The predicted octanol–water partition coefficient (Wildman–Crippen LogP) is 1.30. The Morgan fingerprint density at radius 2 is 2.09 bits per heavy atom. The van der Waals surface area contributed by atoms with Gasteiger partial charge in [0, 0.05) is 19.0 Å². The van der Waals surface area contributed by atoms with E-state index in [-0.39, 0.29) is 37.0 Å². The van der Waals surface area contributed by atoms with E-state index in [4.69, 9.17) is 0 Å². The number of halogens is 1. The summed E-state index contributed by atoms with van der Waals surface area (Å²) in [4.78, 5) is 12.8. The van der Waals surface area contributed by atoms with E-state index in [1.54, 1.807) is 26.2 Å². The van der Waals surface area contributed by atoms with Gasteiger partial charge in [0.05, 0.1) is 12.9 Å². The zero-order valence-corrected chi connectivity index (χ0v) is 14.4. The molecule has 0 aliphatic rings. The van der Waals surface area contributed by atoms with Gasteiger partial charge in [-0.3, -0.25) is 4.79 Å². The Kier molecular flexibility index (Phi) is 7.60. The summed E-state index contributed by atoms with van der Waals surface area (Å²) in [6.07, 6.45) is 0.243. The molecule has 0 aromatic heterocycles. The van der Waals surface area contributed by atoms with Crippen LogP contribution in [0.25, 0.3) is 0 Å². The zero-order valence-electron chi connectivity index (χ0n) is 13.6. The highest BCUT2D eigenvalue weighted by Gasteiger charge is 2.19. The molecule has 0 bridgehead atoms. The van der Waals surface area contributed by atoms with Crippen molar-refractivity contribution in [3.05, 3.63) is 35.6 Å². The minimum Gasteiger partial charge on any atom is -0.469 e. The van der Waals surface area contributed by atoms with Gasteiger partial charge in [0.25, 0.3) is 0 Å². The largest absolute Gasteiger partial charge is 0.469 e. The van der Waals surface area contributed by atoms with Crippen LogP contribution in [0.3, 0.4) is 0 Å². The van der Waals surface area contributed by atoms with Crippen LogP contribution in [0.4, 0.5) is 4.39 Å². The van der Waals surface area contributed by atoms with Crippen molar-refractivity contribution in [3.8, 4) is 0 Å². The third-order valence-electron chi connectivity index (χ3n) is 3.38. The van der Waals surface area contributed by atoms with Crippen LogP contribution < -0.4 is 4.72 Å².